The monoisotopic (exact) mass is 345 g/mol. The molecule has 0 aliphatic carbocycles. The second-order valence-electron chi connectivity index (χ2n) is 4.05. The first-order chi connectivity index (χ1) is 8.93. The highest BCUT2D eigenvalue weighted by molar-refractivity contribution is 9.10. The van der Waals surface area contributed by atoms with E-state index in [1.807, 2.05) is 24.3 Å². The van der Waals surface area contributed by atoms with Gasteiger partial charge in [0.1, 0.15) is 6.04 Å². The number of halogens is 1. The van der Waals surface area contributed by atoms with E-state index in [0.717, 1.165) is 9.37 Å². The fraction of sp³-hybridized carbons (Fsp3) is 0.385. The molecule has 0 heterocycles. The number of thioether (sulfide) groups is 1. The summed E-state index contributed by atoms with van der Waals surface area (Å²) in [6.07, 6.45) is 0.320. The SMILES string of the molecule is CC(C(=O)O)N(C)C(=O)CCSc1ccccc1Br. The summed E-state index contributed by atoms with van der Waals surface area (Å²) < 4.78 is 1.000. The number of carboxylic acid groups (broad SMARTS) is 1. The molecule has 0 aliphatic heterocycles. The number of carboxylic acids is 1. The van der Waals surface area contributed by atoms with Gasteiger partial charge in [0, 0.05) is 28.6 Å². The Balaban J connectivity index is 2.43. The Kier molecular flexibility index (Phi) is 6.37. The fourth-order valence-corrected chi connectivity index (χ4v) is 2.87. The number of nitrogens with zero attached hydrogens (tertiary/aromatic N) is 1. The lowest BCUT2D eigenvalue weighted by molar-refractivity contribution is -0.148. The van der Waals surface area contributed by atoms with Crippen molar-refractivity contribution >= 4 is 39.6 Å². The average Bonchev–Trinajstić information content (AvgIpc) is 2.38. The number of hydrogen-bond acceptors (Lipinski definition) is 3. The number of carbonyl (C=O) groups is 2. The van der Waals surface area contributed by atoms with Crippen molar-refractivity contribution in [2.24, 2.45) is 0 Å². The van der Waals surface area contributed by atoms with Crippen molar-refractivity contribution in [3.63, 3.8) is 0 Å². The Labute approximate surface area is 125 Å². The lowest BCUT2D eigenvalue weighted by Crippen LogP contribution is -2.40. The van der Waals surface area contributed by atoms with Crippen LogP contribution in [0.3, 0.4) is 0 Å². The van der Waals surface area contributed by atoms with Crippen LogP contribution < -0.4 is 0 Å². The topological polar surface area (TPSA) is 57.6 Å². The van der Waals surface area contributed by atoms with Gasteiger partial charge in [0.2, 0.25) is 5.91 Å². The molecule has 0 bridgehead atoms. The van der Waals surface area contributed by atoms with E-state index in [9.17, 15) is 9.59 Å². The van der Waals surface area contributed by atoms with Gasteiger partial charge in [0.15, 0.2) is 0 Å². The predicted octanol–water partition coefficient (Wildman–Crippen LogP) is 2.86. The maximum absolute atomic E-state index is 11.8. The van der Waals surface area contributed by atoms with Crippen LogP contribution in [-0.4, -0.2) is 40.7 Å². The first-order valence-electron chi connectivity index (χ1n) is 5.79. The predicted molar refractivity (Wildman–Crippen MR) is 79.4 cm³/mol. The van der Waals surface area contributed by atoms with Crippen molar-refractivity contribution < 1.29 is 14.7 Å². The van der Waals surface area contributed by atoms with Gasteiger partial charge in [-0.2, -0.15) is 0 Å². The highest BCUT2D eigenvalue weighted by Gasteiger charge is 2.21. The van der Waals surface area contributed by atoms with E-state index in [0.29, 0.717) is 12.2 Å². The third-order valence-corrected chi connectivity index (χ3v) is 4.77. The summed E-state index contributed by atoms with van der Waals surface area (Å²) in [6, 6.07) is 7.00. The minimum atomic E-state index is -0.991. The lowest BCUT2D eigenvalue weighted by atomic mass is 10.3. The molecule has 1 rings (SSSR count). The van der Waals surface area contributed by atoms with Crippen molar-refractivity contribution in [3.05, 3.63) is 28.7 Å². The molecule has 1 aromatic rings. The summed E-state index contributed by atoms with van der Waals surface area (Å²) in [4.78, 5) is 24.9. The molecule has 19 heavy (non-hydrogen) atoms. The molecule has 0 spiro atoms. The van der Waals surface area contributed by atoms with E-state index < -0.39 is 12.0 Å². The normalized spacial score (nSPS) is 11.9. The smallest absolute Gasteiger partial charge is 0.326 e. The van der Waals surface area contributed by atoms with Crippen LogP contribution in [0.5, 0.6) is 0 Å². The Hall–Kier alpha value is -1.01. The van der Waals surface area contributed by atoms with Crippen molar-refractivity contribution in [3.8, 4) is 0 Å². The van der Waals surface area contributed by atoms with Gasteiger partial charge >= 0.3 is 5.97 Å². The minimum absolute atomic E-state index is 0.158. The molecular weight excluding hydrogens is 330 g/mol. The highest BCUT2D eigenvalue weighted by Crippen LogP contribution is 2.27. The summed E-state index contributed by atoms with van der Waals surface area (Å²) in [5.41, 5.74) is 0. The lowest BCUT2D eigenvalue weighted by Gasteiger charge is -2.21. The summed E-state index contributed by atoms with van der Waals surface area (Å²) in [6.45, 7) is 1.50. The number of hydrogen-bond donors (Lipinski definition) is 1. The standard InChI is InChI=1S/C13H16BrNO3S/c1-9(13(17)18)15(2)12(16)7-8-19-11-6-4-3-5-10(11)14/h3-6,9H,7-8H2,1-2H3,(H,17,18). The summed E-state index contributed by atoms with van der Waals surface area (Å²) in [5, 5.41) is 8.84. The molecule has 0 aliphatic rings. The zero-order chi connectivity index (χ0) is 14.4. The minimum Gasteiger partial charge on any atom is -0.480 e. The third-order valence-electron chi connectivity index (χ3n) is 2.74. The fourth-order valence-electron chi connectivity index (χ4n) is 1.37. The molecular formula is C13H16BrNO3S. The van der Waals surface area contributed by atoms with Gasteiger partial charge < -0.3 is 10.0 Å². The van der Waals surface area contributed by atoms with Crippen LogP contribution >= 0.6 is 27.7 Å². The van der Waals surface area contributed by atoms with Gasteiger partial charge in [0.25, 0.3) is 0 Å². The largest absolute Gasteiger partial charge is 0.480 e. The van der Waals surface area contributed by atoms with Gasteiger partial charge in [0.05, 0.1) is 0 Å². The van der Waals surface area contributed by atoms with Gasteiger partial charge in [-0.05, 0) is 35.0 Å². The molecule has 1 unspecified atom stereocenters. The van der Waals surface area contributed by atoms with Crippen molar-refractivity contribution in [2.75, 3.05) is 12.8 Å². The molecule has 1 aromatic carbocycles. The third kappa shape index (κ3) is 4.87. The number of carbonyl (C=O) groups excluding carboxylic acids is 1. The first kappa shape index (κ1) is 16.0. The molecule has 6 heteroatoms. The van der Waals surface area contributed by atoms with E-state index in [1.165, 1.54) is 18.9 Å². The van der Waals surface area contributed by atoms with Gasteiger partial charge in [-0.1, -0.05) is 12.1 Å². The number of likely N-dealkylation sites (N-methyl/N-ethyl adjacent to an activating group) is 1. The van der Waals surface area contributed by atoms with E-state index >= 15 is 0 Å². The Morgan fingerprint density at radius 3 is 2.63 bits per heavy atom. The maximum Gasteiger partial charge on any atom is 0.326 e. The Morgan fingerprint density at radius 2 is 2.05 bits per heavy atom. The number of aliphatic carboxylic acids is 1. The van der Waals surface area contributed by atoms with E-state index in [1.54, 1.807) is 11.8 Å². The second-order valence-corrected chi connectivity index (χ2v) is 6.04. The first-order valence-corrected chi connectivity index (χ1v) is 7.57. The second kappa shape index (κ2) is 7.55. The quantitative estimate of drug-likeness (QED) is 0.805. The molecule has 0 fully saturated rings. The molecule has 0 saturated heterocycles. The highest BCUT2D eigenvalue weighted by atomic mass is 79.9. The van der Waals surface area contributed by atoms with Crippen LogP contribution in [0.25, 0.3) is 0 Å². The van der Waals surface area contributed by atoms with Crippen LogP contribution in [0.15, 0.2) is 33.6 Å². The molecule has 0 saturated carbocycles. The van der Waals surface area contributed by atoms with Crippen LogP contribution in [0, 0.1) is 0 Å². The van der Waals surface area contributed by atoms with Crippen molar-refractivity contribution in [1.29, 1.82) is 0 Å². The molecule has 0 radical (unpaired) electrons. The number of benzene rings is 1. The van der Waals surface area contributed by atoms with E-state index in [-0.39, 0.29) is 5.91 Å². The van der Waals surface area contributed by atoms with Crippen molar-refractivity contribution in [2.45, 2.75) is 24.3 Å². The van der Waals surface area contributed by atoms with Crippen LogP contribution in [0.1, 0.15) is 13.3 Å². The molecule has 1 atom stereocenters. The average molecular weight is 346 g/mol. The van der Waals surface area contributed by atoms with Gasteiger partial charge in [-0.25, -0.2) is 4.79 Å². The van der Waals surface area contributed by atoms with E-state index in [4.69, 9.17) is 5.11 Å². The zero-order valence-corrected chi connectivity index (χ0v) is 13.2. The molecule has 0 aromatic heterocycles. The zero-order valence-electron chi connectivity index (χ0n) is 10.8. The Bertz CT molecular complexity index is 467. The molecule has 4 nitrogen and oxygen atoms in total. The summed E-state index contributed by atoms with van der Waals surface area (Å²) in [7, 11) is 1.52. The van der Waals surface area contributed by atoms with Crippen LogP contribution in [0.2, 0.25) is 0 Å². The Morgan fingerprint density at radius 1 is 1.42 bits per heavy atom. The molecule has 1 N–H and O–H groups in total. The van der Waals surface area contributed by atoms with Crippen molar-refractivity contribution in [1.82, 2.24) is 4.90 Å². The summed E-state index contributed by atoms with van der Waals surface area (Å²) >= 11 is 5.01. The van der Waals surface area contributed by atoms with Crippen LogP contribution in [-0.2, 0) is 9.59 Å². The van der Waals surface area contributed by atoms with E-state index in [2.05, 4.69) is 15.9 Å². The van der Waals surface area contributed by atoms with Gasteiger partial charge in [-0.15, -0.1) is 11.8 Å². The maximum atomic E-state index is 11.8. The number of rotatable bonds is 6. The molecule has 1 amide bonds. The molecule has 104 valence electrons. The van der Waals surface area contributed by atoms with Gasteiger partial charge in [-0.3, -0.25) is 4.79 Å². The number of amides is 1. The van der Waals surface area contributed by atoms with Crippen LogP contribution in [0.4, 0.5) is 0 Å². The summed E-state index contributed by atoms with van der Waals surface area (Å²) in [5.74, 6) is -0.526.